The van der Waals surface area contributed by atoms with Crippen LogP contribution in [0.25, 0.3) is 11.1 Å². The van der Waals surface area contributed by atoms with Crippen LogP contribution in [-0.2, 0) is 25.2 Å². The number of anilines is 1. The third kappa shape index (κ3) is 3.57. The van der Waals surface area contributed by atoms with E-state index in [-0.39, 0.29) is 19.4 Å². The molecule has 0 N–H and O–H groups in total. The molecule has 50 heavy (non-hydrogen) atoms. The van der Waals surface area contributed by atoms with Gasteiger partial charge in [-0.15, -0.1) is 0 Å². The van der Waals surface area contributed by atoms with Gasteiger partial charge >= 0.3 is 0 Å². The van der Waals surface area contributed by atoms with E-state index < -0.39 is 34.5 Å². The van der Waals surface area contributed by atoms with Gasteiger partial charge in [0, 0.05) is 4.47 Å². The van der Waals surface area contributed by atoms with E-state index in [1.54, 1.807) is 18.2 Å². The number of carbonyl (C=O) groups is 3. The van der Waals surface area contributed by atoms with E-state index in [2.05, 4.69) is 15.9 Å². The van der Waals surface area contributed by atoms with Crippen molar-refractivity contribution in [3.8, 4) is 23.0 Å². The van der Waals surface area contributed by atoms with Crippen molar-refractivity contribution in [3.05, 3.63) is 148 Å². The first-order valence-corrected chi connectivity index (χ1v) is 17.1. The highest BCUT2D eigenvalue weighted by atomic mass is 79.9. The predicted molar refractivity (Wildman–Crippen MR) is 187 cm³/mol. The zero-order chi connectivity index (χ0) is 33.8. The molecule has 8 nitrogen and oxygen atoms in total. The van der Waals surface area contributed by atoms with Crippen LogP contribution in [0.2, 0.25) is 0 Å². The minimum atomic E-state index is -1.56. The van der Waals surface area contributed by atoms with E-state index in [1.165, 1.54) is 4.90 Å². The number of allylic oxidation sites excluding steroid dienone is 2. The number of rotatable bonds is 5. The van der Waals surface area contributed by atoms with Gasteiger partial charge in [0.1, 0.15) is 0 Å². The standard InChI is InChI=1S/C41H26BrNO7/c42-27-12-7-13-28(20-27)43-37(44)35-36(38(43)45)41(26-10-5-2-6-11-26)34(24-15-17-30-32(19-24)50-22-48-30)33(23-14-16-29-31(18-23)49-21-47-29)40(35,39(41)46)25-8-3-1-4-9-25/h1-20,35-36H,21-22H2/t35-,36-,40+,41+/m1/s1. The summed E-state index contributed by atoms with van der Waals surface area (Å²) in [6.45, 7) is 0.145. The molecule has 3 heterocycles. The molecule has 0 unspecified atom stereocenters. The summed E-state index contributed by atoms with van der Waals surface area (Å²) in [6, 6.07) is 37.2. The maximum absolute atomic E-state index is 16.2. The lowest BCUT2D eigenvalue weighted by Crippen LogP contribution is -2.45. The molecule has 4 atom stereocenters. The number of carbonyl (C=O) groups excluding carboxylic acids is 3. The summed E-state index contributed by atoms with van der Waals surface area (Å²) in [6.07, 6.45) is 0. The second kappa shape index (κ2) is 10.4. The fourth-order valence-electron chi connectivity index (χ4n) is 9.10. The highest BCUT2D eigenvalue weighted by molar-refractivity contribution is 9.10. The van der Waals surface area contributed by atoms with Gasteiger partial charge in [0.2, 0.25) is 25.4 Å². The first kappa shape index (κ1) is 29.3. The highest BCUT2D eigenvalue weighted by Crippen LogP contribution is 2.74. The van der Waals surface area contributed by atoms with Gasteiger partial charge in [-0.25, -0.2) is 4.90 Å². The zero-order valence-electron chi connectivity index (χ0n) is 26.3. The van der Waals surface area contributed by atoms with E-state index in [0.717, 1.165) is 4.47 Å². The van der Waals surface area contributed by atoms with Crippen molar-refractivity contribution >= 4 is 50.4 Å². The van der Waals surface area contributed by atoms with Crippen molar-refractivity contribution in [3.63, 3.8) is 0 Å². The molecule has 2 amide bonds. The molecule has 2 aliphatic carbocycles. The van der Waals surface area contributed by atoms with Gasteiger partial charge in [0.25, 0.3) is 0 Å². The Labute approximate surface area is 295 Å². The number of ketones is 1. The number of ether oxygens (including phenoxy) is 4. The minimum Gasteiger partial charge on any atom is -0.454 e. The average Bonchev–Trinajstić information content (AvgIpc) is 3.95. The molecule has 244 valence electrons. The van der Waals surface area contributed by atoms with E-state index in [9.17, 15) is 0 Å². The Morgan fingerprint density at radius 3 is 1.50 bits per heavy atom. The molecule has 1 saturated carbocycles. The van der Waals surface area contributed by atoms with Crippen LogP contribution in [-0.4, -0.2) is 31.2 Å². The Morgan fingerprint density at radius 2 is 1.02 bits per heavy atom. The van der Waals surface area contributed by atoms with Crippen molar-refractivity contribution in [2.75, 3.05) is 18.5 Å². The number of halogens is 1. The second-order valence-corrected chi connectivity index (χ2v) is 13.9. The van der Waals surface area contributed by atoms with E-state index in [0.29, 0.717) is 62.1 Å². The Kier molecular flexibility index (Phi) is 6.10. The van der Waals surface area contributed by atoms with E-state index >= 15 is 14.4 Å². The molecule has 0 spiro atoms. The normalized spacial score (nSPS) is 25.5. The first-order valence-electron chi connectivity index (χ1n) is 16.3. The molecule has 5 aromatic carbocycles. The fraction of sp³-hybridized carbons (Fsp3) is 0.146. The number of hydrogen-bond donors (Lipinski definition) is 0. The lowest BCUT2D eigenvalue weighted by Gasteiger charge is -2.39. The Balaban J connectivity index is 1.37. The van der Waals surface area contributed by atoms with Crippen molar-refractivity contribution in [1.29, 1.82) is 0 Å². The van der Waals surface area contributed by atoms with Crippen molar-refractivity contribution in [2.24, 2.45) is 11.8 Å². The number of hydrogen-bond acceptors (Lipinski definition) is 7. The number of Topliss-reactive ketones (excluding diaryl/α,β-unsaturated/α-hetero) is 1. The van der Waals surface area contributed by atoms with E-state index in [4.69, 9.17) is 18.9 Å². The number of nitrogens with zero attached hydrogens (tertiary/aromatic N) is 1. The monoisotopic (exact) mass is 723 g/mol. The molecule has 0 aromatic heterocycles. The molecular formula is C41H26BrNO7. The quantitative estimate of drug-likeness (QED) is 0.179. The summed E-state index contributed by atoms with van der Waals surface area (Å²) < 4.78 is 23.8. The van der Waals surface area contributed by atoms with E-state index in [1.807, 2.05) is 103 Å². The van der Waals surface area contributed by atoms with Gasteiger partial charge in [-0.3, -0.25) is 14.4 Å². The number of amides is 2. The van der Waals surface area contributed by atoms with Crippen LogP contribution in [0.1, 0.15) is 22.3 Å². The molecule has 5 aliphatic rings. The van der Waals surface area contributed by atoms with Crippen molar-refractivity contribution in [1.82, 2.24) is 0 Å². The molecule has 9 heteroatoms. The maximum atomic E-state index is 16.2. The summed E-state index contributed by atoms with van der Waals surface area (Å²) in [4.78, 5) is 47.8. The maximum Gasteiger partial charge on any atom is 0.239 e. The van der Waals surface area contributed by atoms with Gasteiger partial charge < -0.3 is 18.9 Å². The average molecular weight is 725 g/mol. The Bertz CT molecular complexity index is 2200. The number of fused-ring (bicyclic) bond motifs is 7. The molecular weight excluding hydrogens is 698 g/mol. The second-order valence-electron chi connectivity index (χ2n) is 13.0. The van der Waals surface area contributed by atoms with Gasteiger partial charge in [-0.2, -0.15) is 0 Å². The van der Waals surface area contributed by atoms with Gasteiger partial charge in [-0.05, 0) is 75.9 Å². The predicted octanol–water partition coefficient (Wildman–Crippen LogP) is 7.10. The highest BCUT2D eigenvalue weighted by Gasteiger charge is 2.82. The lowest BCUT2D eigenvalue weighted by atomic mass is 9.59. The largest absolute Gasteiger partial charge is 0.454 e. The van der Waals surface area contributed by atoms with Gasteiger partial charge in [0.05, 0.1) is 28.4 Å². The van der Waals surface area contributed by atoms with Crippen LogP contribution < -0.4 is 23.8 Å². The van der Waals surface area contributed by atoms with Gasteiger partial charge in [0.15, 0.2) is 28.8 Å². The van der Waals surface area contributed by atoms with Crippen molar-refractivity contribution in [2.45, 2.75) is 10.8 Å². The van der Waals surface area contributed by atoms with Crippen LogP contribution in [0.5, 0.6) is 23.0 Å². The van der Waals surface area contributed by atoms with Crippen LogP contribution in [0.15, 0.2) is 126 Å². The number of benzene rings is 5. The SMILES string of the molecule is O=C1[C@H]2[C@H](C(=O)N1c1cccc(Br)c1)[C@@]1(c3ccccc3)C(=O)[C@@]2(c2ccccc2)C(c2ccc3c(c2)OCO3)=C1c1ccc2c(c1)OCO2. The molecule has 3 aliphatic heterocycles. The Hall–Kier alpha value is -5.67. The van der Waals surface area contributed by atoms with Crippen LogP contribution >= 0.6 is 15.9 Å². The molecule has 10 rings (SSSR count). The summed E-state index contributed by atoms with van der Waals surface area (Å²) in [5.74, 6) is -0.913. The molecule has 2 fully saturated rings. The van der Waals surface area contributed by atoms with Crippen molar-refractivity contribution < 1.29 is 33.3 Å². The Morgan fingerprint density at radius 1 is 0.540 bits per heavy atom. The van der Waals surface area contributed by atoms with Crippen LogP contribution in [0, 0.1) is 11.8 Å². The summed E-state index contributed by atoms with van der Waals surface area (Å²) in [5, 5.41) is 0. The zero-order valence-corrected chi connectivity index (χ0v) is 27.9. The summed E-state index contributed by atoms with van der Waals surface area (Å²) in [7, 11) is 0. The molecule has 0 radical (unpaired) electrons. The molecule has 2 bridgehead atoms. The summed E-state index contributed by atoms with van der Waals surface area (Å²) in [5.41, 5.74) is 1.27. The number of imide groups is 1. The topological polar surface area (TPSA) is 91.4 Å². The first-order chi connectivity index (χ1) is 24.5. The molecule has 1 saturated heterocycles. The van der Waals surface area contributed by atoms with Crippen LogP contribution in [0.3, 0.4) is 0 Å². The smallest absolute Gasteiger partial charge is 0.239 e. The minimum absolute atomic E-state index is 0.0723. The third-order valence-electron chi connectivity index (χ3n) is 10.8. The third-order valence-corrected chi connectivity index (χ3v) is 11.3. The summed E-state index contributed by atoms with van der Waals surface area (Å²) >= 11 is 3.52. The molecule has 5 aromatic rings. The van der Waals surface area contributed by atoms with Gasteiger partial charge in [-0.1, -0.05) is 94.8 Å². The fourth-order valence-corrected chi connectivity index (χ4v) is 9.49. The van der Waals surface area contributed by atoms with Crippen LogP contribution in [0.4, 0.5) is 5.69 Å². The lowest BCUT2D eigenvalue weighted by molar-refractivity contribution is -0.130.